The second-order valence-corrected chi connectivity index (χ2v) is 10.2. The van der Waals surface area contributed by atoms with Crippen LogP contribution in [0.25, 0.3) is 0 Å². The van der Waals surface area contributed by atoms with E-state index in [4.69, 9.17) is 9.47 Å². The second kappa shape index (κ2) is 8.74. The van der Waals surface area contributed by atoms with Gasteiger partial charge in [0.1, 0.15) is 0 Å². The average Bonchev–Trinajstić information content (AvgIpc) is 2.39. The highest BCUT2D eigenvalue weighted by Crippen LogP contribution is 2.58. The third-order valence-electron chi connectivity index (χ3n) is 6.25. The molecule has 0 N–H and O–H groups in total. The van der Waals surface area contributed by atoms with Crippen molar-refractivity contribution in [2.75, 3.05) is 0 Å². The maximum atomic E-state index is 6.83. The first-order valence-corrected chi connectivity index (χ1v) is 10.5. The Morgan fingerprint density at radius 1 is 0.440 bits per heavy atom. The predicted octanol–water partition coefficient (Wildman–Crippen LogP) is 6.96. The Morgan fingerprint density at radius 2 is 0.640 bits per heavy atom. The smallest absolute Gasteiger partial charge is 0.0809 e. The molecule has 0 saturated carbocycles. The van der Waals surface area contributed by atoms with Gasteiger partial charge in [0, 0.05) is 5.41 Å². The second-order valence-electron chi connectivity index (χ2n) is 10.2. The van der Waals surface area contributed by atoms with Crippen LogP contribution in [0.4, 0.5) is 0 Å². The molecule has 0 rings (SSSR count). The summed E-state index contributed by atoms with van der Waals surface area (Å²) in [4.78, 5) is 0. The number of ether oxygens (including phenoxy) is 2. The van der Waals surface area contributed by atoms with Gasteiger partial charge in [0.05, 0.1) is 23.4 Å². The van der Waals surface area contributed by atoms with Crippen molar-refractivity contribution in [1.82, 2.24) is 0 Å². The first kappa shape index (κ1) is 24.9. The molecule has 0 aromatic rings. The molecule has 0 heterocycles. The molecule has 2 heteroatoms. The summed E-state index contributed by atoms with van der Waals surface area (Å²) >= 11 is 0. The molecule has 0 aliphatic carbocycles. The number of hydrogen-bond acceptors (Lipinski definition) is 2. The predicted molar refractivity (Wildman–Crippen MR) is 111 cm³/mol. The lowest BCUT2D eigenvalue weighted by atomic mass is 9.50. The Labute approximate surface area is 159 Å². The van der Waals surface area contributed by atoms with Crippen molar-refractivity contribution in [3.05, 3.63) is 0 Å². The summed E-state index contributed by atoms with van der Waals surface area (Å²) in [5, 5.41) is 0. The zero-order valence-corrected chi connectivity index (χ0v) is 19.8. The van der Waals surface area contributed by atoms with Gasteiger partial charge in [-0.15, -0.1) is 0 Å². The van der Waals surface area contributed by atoms with E-state index in [0.29, 0.717) is 23.7 Å². The lowest BCUT2D eigenvalue weighted by Crippen LogP contribution is -2.69. The van der Waals surface area contributed by atoms with Crippen LogP contribution in [0, 0.1) is 29.1 Å². The maximum absolute atomic E-state index is 6.83. The van der Waals surface area contributed by atoms with Gasteiger partial charge in [0.2, 0.25) is 0 Å². The Balaban J connectivity index is 6.78. The lowest BCUT2D eigenvalue weighted by Gasteiger charge is -2.64. The van der Waals surface area contributed by atoms with E-state index < -0.39 is 0 Å². The Hall–Kier alpha value is -0.0800. The molecule has 0 spiro atoms. The standard InChI is InChI=1S/C23H48O2/c1-15(2)22(16(3)4,24-19(9)10)21(13,14)23(17(5)6,18(7)8)25-20(11)12/h15-20H,1-14H3. The van der Waals surface area contributed by atoms with Crippen molar-refractivity contribution in [3.63, 3.8) is 0 Å². The summed E-state index contributed by atoms with van der Waals surface area (Å²) in [6.07, 6.45) is 0.361. The highest BCUT2D eigenvalue weighted by atomic mass is 16.5. The van der Waals surface area contributed by atoms with Gasteiger partial charge in [-0.2, -0.15) is 0 Å². The van der Waals surface area contributed by atoms with E-state index in [-0.39, 0.29) is 28.8 Å². The first-order valence-electron chi connectivity index (χ1n) is 10.5. The van der Waals surface area contributed by atoms with Gasteiger partial charge >= 0.3 is 0 Å². The van der Waals surface area contributed by atoms with Crippen molar-refractivity contribution in [3.8, 4) is 0 Å². The molecule has 2 nitrogen and oxygen atoms in total. The molecule has 25 heavy (non-hydrogen) atoms. The van der Waals surface area contributed by atoms with Crippen LogP contribution >= 0.6 is 0 Å². The van der Waals surface area contributed by atoms with Crippen molar-refractivity contribution in [2.24, 2.45) is 29.1 Å². The molecule has 0 fully saturated rings. The molecule has 0 unspecified atom stereocenters. The zero-order valence-electron chi connectivity index (χ0n) is 19.8. The van der Waals surface area contributed by atoms with Gasteiger partial charge in [0.25, 0.3) is 0 Å². The van der Waals surface area contributed by atoms with Crippen LogP contribution in [-0.2, 0) is 9.47 Å². The maximum Gasteiger partial charge on any atom is 0.0809 e. The fourth-order valence-corrected chi connectivity index (χ4v) is 6.14. The summed E-state index contributed by atoms with van der Waals surface area (Å²) < 4.78 is 13.7. The van der Waals surface area contributed by atoms with Crippen LogP contribution < -0.4 is 0 Å². The van der Waals surface area contributed by atoms with Crippen molar-refractivity contribution in [1.29, 1.82) is 0 Å². The Morgan fingerprint density at radius 3 is 0.760 bits per heavy atom. The van der Waals surface area contributed by atoms with Gasteiger partial charge in [-0.3, -0.25) is 0 Å². The van der Waals surface area contributed by atoms with Gasteiger partial charge in [-0.25, -0.2) is 0 Å². The molecule has 0 amide bonds. The molecule has 0 aromatic carbocycles. The molecular formula is C23H48O2. The third kappa shape index (κ3) is 4.26. The molecule has 0 radical (unpaired) electrons. The third-order valence-corrected chi connectivity index (χ3v) is 6.25. The van der Waals surface area contributed by atoms with Crippen LogP contribution in [0.15, 0.2) is 0 Å². The summed E-state index contributed by atoms with van der Waals surface area (Å²) in [6, 6.07) is 0. The van der Waals surface area contributed by atoms with Gasteiger partial charge in [-0.1, -0.05) is 69.2 Å². The quantitative estimate of drug-likeness (QED) is 0.421. The summed E-state index contributed by atoms with van der Waals surface area (Å²) in [5.74, 6) is 1.55. The summed E-state index contributed by atoms with van der Waals surface area (Å²) in [6.45, 7) is 31.9. The minimum Gasteiger partial charge on any atom is -0.371 e. The van der Waals surface area contributed by atoms with Crippen molar-refractivity contribution < 1.29 is 9.47 Å². The van der Waals surface area contributed by atoms with Crippen molar-refractivity contribution in [2.45, 2.75) is 120 Å². The molecule has 152 valence electrons. The van der Waals surface area contributed by atoms with E-state index >= 15 is 0 Å². The highest BCUT2D eigenvalue weighted by Gasteiger charge is 2.64. The SMILES string of the molecule is CC(C)OC(C(C)C)(C(C)C)C(C)(C)C(OC(C)C)(C(C)C)C(C)C. The van der Waals surface area contributed by atoms with Crippen LogP contribution in [0.2, 0.25) is 0 Å². The van der Waals surface area contributed by atoms with Crippen LogP contribution in [0.1, 0.15) is 96.9 Å². The van der Waals surface area contributed by atoms with Crippen molar-refractivity contribution >= 4 is 0 Å². The first-order chi connectivity index (χ1) is 11.1. The number of hydrogen-bond donors (Lipinski definition) is 0. The van der Waals surface area contributed by atoms with E-state index in [1.165, 1.54) is 0 Å². The van der Waals surface area contributed by atoms with Gasteiger partial charge in [-0.05, 0) is 51.4 Å². The van der Waals surface area contributed by atoms with Crippen LogP contribution in [-0.4, -0.2) is 23.4 Å². The fraction of sp³-hybridized carbons (Fsp3) is 1.00. The van der Waals surface area contributed by atoms with E-state index in [1.807, 2.05) is 0 Å². The molecule has 0 aliphatic rings. The molecule has 0 saturated heterocycles. The fourth-order valence-electron chi connectivity index (χ4n) is 6.14. The number of rotatable bonds is 10. The largest absolute Gasteiger partial charge is 0.371 e. The van der Waals surface area contributed by atoms with Crippen LogP contribution in [0.3, 0.4) is 0 Å². The average molecular weight is 357 g/mol. The molecule has 0 atom stereocenters. The minimum absolute atomic E-state index is 0.167. The zero-order chi connectivity index (χ0) is 20.4. The van der Waals surface area contributed by atoms with E-state index in [9.17, 15) is 0 Å². The lowest BCUT2D eigenvalue weighted by molar-refractivity contribution is -0.298. The van der Waals surface area contributed by atoms with E-state index in [2.05, 4.69) is 96.9 Å². The molecule has 0 aromatic heterocycles. The Kier molecular flexibility index (Phi) is 8.71. The molecule has 0 aliphatic heterocycles. The molecular weight excluding hydrogens is 308 g/mol. The van der Waals surface area contributed by atoms with Gasteiger partial charge in [0.15, 0.2) is 0 Å². The van der Waals surface area contributed by atoms with E-state index in [0.717, 1.165) is 0 Å². The summed E-state index contributed by atoms with van der Waals surface area (Å²) in [5.41, 5.74) is -0.714. The summed E-state index contributed by atoms with van der Waals surface area (Å²) in [7, 11) is 0. The van der Waals surface area contributed by atoms with Crippen LogP contribution in [0.5, 0.6) is 0 Å². The normalized spacial score (nSPS) is 14.9. The van der Waals surface area contributed by atoms with E-state index in [1.54, 1.807) is 0 Å². The topological polar surface area (TPSA) is 18.5 Å². The highest BCUT2D eigenvalue weighted by molar-refractivity contribution is 5.13. The minimum atomic E-state index is -0.273. The monoisotopic (exact) mass is 356 g/mol. The Bertz CT molecular complexity index is 337. The molecule has 0 bridgehead atoms. The van der Waals surface area contributed by atoms with Gasteiger partial charge < -0.3 is 9.47 Å².